The largest absolute Gasteiger partial charge is 0.489 e. The number of anilines is 1. The Morgan fingerprint density at radius 1 is 1.16 bits per heavy atom. The van der Waals surface area contributed by atoms with E-state index in [4.69, 9.17) is 10.5 Å². The number of aromatic nitrogens is 1. The van der Waals surface area contributed by atoms with Gasteiger partial charge in [-0.2, -0.15) is 0 Å². The number of ether oxygens (including phenoxy) is 1. The molecular formula is C23H29N5O3. The maximum atomic E-state index is 10.8. The molecule has 4 rings (SSSR count). The molecule has 8 nitrogen and oxygen atoms in total. The number of piperazine rings is 1. The van der Waals surface area contributed by atoms with E-state index in [2.05, 4.69) is 33.8 Å². The van der Waals surface area contributed by atoms with E-state index in [1.54, 1.807) is 12.1 Å². The van der Waals surface area contributed by atoms with Crippen LogP contribution in [0.15, 0.2) is 48.7 Å². The van der Waals surface area contributed by atoms with Crippen LogP contribution >= 0.6 is 0 Å². The predicted octanol–water partition coefficient (Wildman–Crippen LogP) is 3.17. The number of hydrogen-bond acceptors (Lipinski definition) is 6. The first-order valence-corrected chi connectivity index (χ1v) is 10.7. The molecule has 1 saturated heterocycles. The fraction of sp³-hybridized carbons (Fsp3) is 0.391. The molecule has 1 aliphatic heterocycles. The Bertz CT molecular complexity index is 1030. The molecule has 8 heteroatoms. The van der Waals surface area contributed by atoms with Crippen LogP contribution in [0.1, 0.15) is 12.5 Å². The van der Waals surface area contributed by atoms with Crippen LogP contribution in [0.5, 0.6) is 5.75 Å². The first-order valence-electron chi connectivity index (χ1n) is 10.7. The Kier molecular flexibility index (Phi) is 6.39. The van der Waals surface area contributed by atoms with Gasteiger partial charge in [-0.1, -0.05) is 0 Å². The van der Waals surface area contributed by atoms with Crippen LogP contribution in [-0.4, -0.2) is 60.2 Å². The summed E-state index contributed by atoms with van der Waals surface area (Å²) in [5, 5.41) is 12.0. The van der Waals surface area contributed by atoms with Crippen molar-refractivity contribution in [3.05, 3.63) is 64.3 Å². The molecule has 164 valence electrons. The van der Waals surface area contributed by atoms with Crippen LogP contribution < -0.4 is 15.4 Å². The molecule has 3 N–H and O–H groups in total. The summed E-state index contributed by atoms with van der Waals surface area (Å²) in [7, 11) is 0. The molecule has 0 radical (unpaired) electrons. The number of H-pyrrole nitrogens is 1. The van der Waals surface area contributed by atoms with Crippen LogP contribution in [-0.2, 0) is 6.42 Å². The number of aromatic amines is 1. The first-order chi connectivity index (χ1) is 15.0. The molecule has 31 heavy (non-hydrogen) atoms. The normalized spacial score (nSPS) is 15.9. The molecule has 2 heterocycles. The van der Waals surface area contributed by atoms with E-state index in [1.165, 1.54) is 10.9 Å². The lowest BCUT2D eigenvalue weighted by atomic mass is 10.1. The van der Waals surface area contributed by atoms with Crippen molar-refractivity contribution in [3.63, 3.8) is 0 Å². The summed E-state index contributed by atoms with van der Waals surface area (Å²) < 4.78 is 6.21. The van der Waals surface area contributed by atoms with Gasteiger partial charge in [0, 0.05) is 67.6 Å². The third kappa shape index (κ3) is 4.98. The van der Waals surface area contributed by atoms with Crippen molar-refractivity contribution < 1.29 is 9.66 Å². The minimum atomic E-state index is -0.365. The van der Waals surface area contributed by atoms with Crippen LogP contribution in [0, 0.1) is 10.1 Å². The van der Waals surface area contributed by atoms with Gasteiger partial charge in [0.2, 0.25) is 0 Å². The Morgan fingerprint density at radius 2 is 1.90 bits per heavy atom. The molecule has 1 aliphatic rings. The smallest absolute Gasteiger partial charge is 0.269 e. The molecule has 1 aromatic heterocycles. The number of nitrogens with zero attached hydrogens (tertiary/aromatic N) is 3. The molecule has 0 spiro atoms. The van der Waals surface area contributed by atoms with E-state index in [-0.39, 0.29) is 16.7 Å². The molecule has 0 saturated carbocycles. The maximum Gasteiger partial charge on any atom is 0.269 e. The summed E-state index contributed by atoms with van der Waals surface area (Å²) in [4.78, 5) is 18.4. The van der Waals surface area contributed by atoms with Crippen molar-refractivity contribution in [2.45, 2.75) is 19.4 Å². The van der Waals surface area contributed by atoms with Gasteiger partial charge in [0.25, 0.3) is 5.69 Å². The van der Waals surface area contributed by atoms with Crippen molar-refractivity contribution in [3.8, 4) is 5.75 Å². The zero-order valence-electron chi connectivity index (χ0n) is 17.8. The van der Waals surface area contributed by atoms with Gasteiger partial charge in [-0.3, -0.25) is 15.0 Å². The highest BCUT2D eigenvalue weighted by Crippen LogP contribution is 2.25. The number of non-ortho nitro benzene ring substituents is 1. The summed E-state index contributed by atoms with van der Waals surface area (Å²) in [5.74, 6) is 0.877. The second-order valence-electron chi connectivity index (χ2n) is 8.05. The quantitative estimate of drug-likeness (QED) is 0.426. The lowest BCUT2D eigenvalue weighted by molar-refractivity contribution is -0.384. The first kappa shape index (κ1) is 21.1. The monoisotopic (exact) mass is 423 g/mol. The van der Waals surface area contributed by atoms with Crippen molar-refractivity contribution in [1.29, 1.82) is 0 Å². The van der Waals surface area contributed by atoms with Crippen molar-refractivity contribution in [2.24, 2.45) is 5.73 Å². The second-order valence-corrected chi connectivity index (χ2v) is 8.05. The zero-order chi connectivity index (χ0) is 21.8. The van der Waals surface area contributed by atoms with Crippen molar-refractivity contribution in [2.75, 3.05) is 44.2 Å². The third-order valence-corrected chi connectivity index (χ3v) is 5.80. The second kappa shape index (κ2) is 9.36. The molecular weight excluding hydrogens is 394 g/mol. The van der Waals surface area contributed by atoms with Gasteiger partial charge in [-0.05, 0) is 55.8 Å². The van der Waals surface area contributed by atoms with E-state index >= 15 is 0 Å². The van der Waals surface area contributed by atoms with Gasteiger partial charge in [0.1, 0.15) is 11.9 Å². The number of benzene rings is 2. The summed E-state index contributed by atoms with van der Waals surface area (Å²) in [6, 6.07) is 13.0. The number of nitro groups is 1. The summed E-state index contributed by atoms with van der Waals surface area (Å²) in [6.07, 6.45) is 2.94. The summed E-state index contributed by atoms with van der Waals surface area (Å²) >= 11 is 0. The fourth-order valence-corrected chi connectivity index (χ4v) is 4.20. The topological polar surface area (TPSA) is 101 Å². The van der Waals surface area contributed by atoms with E-state index in [9.17, 15) is 10.1 Å². The molecule has 1 unspecified atom stereocenters. The van der Waals surface area contributed by atoms with Crippen LogP contribution in [0.4, 0.5) is 11.4 Å². The average Bonchev–Trinajstić information content (AvgIpc) is 3.17. The Morgan fingerprint density at radius 3 is 2.58 bits per heavy atom. The third-order valence-electron chi connectivity index (χ3n) is 5.80. The lowest BCUT2D eigenvalue weighted by Crippen LogP contribution is -2.48. The van der Waals surface area contributed by atoms with E-state index in [0.29, 0.717) is 6.54 Å². The Hall–Kier alpha value is -3.10. The fourth-order valence-electron chi connectivity index (χ4n) is 4.20. The number of nitro benzene ring substituents is 1. The van der Waals surface area contributed by atoms with Crippen molar-refractivity contribution in [1.82, 2.24) is 9.88 Å². The van der Waals surface area contributed by atoms with Gasteiger partial charge in [0.15, 0.2) is 0 Å². The Labute approximate surface area is 181 Å². The number of nitrogens with one attached hydrogen (secondary N) is 1. The van der Waals surface area contributed by atoms with E-state index < -0.39 is 0 Å². The van der Waals surface area contributed by atoms with E-state index in [0.717, 1.165) is 56.1 Å². The number of rotatable bonds is 8. The molecule has 0 bridgehead atoms. The minimum absolute atomic E-state index is 0.0697. The van der Waals surface area contributed by atoms with Crippen LogP contribution in [0.25, 0.3) is 10.9 Å². The lowest BCUT2D eigenvalue weighted by Gasteiger charge is -2.37. The highest BCUT2D eigenvalue weighted by atomic mass is 16.6. The molecule has 3 aromatic rings. The molecule has 0 aliphatic carbocycles. The number of nitrogens with two attached hydrogens (primary N) is 1. The van der Waals surface area contributed by atoms with Crippen LogP contribution in [0.2, 0.25) is 0 Å². The van der Waals surface area contributed by atoms with Gasteiger partial charge in [0.05, 0.1) is 4.92 Å². The Balaban J connectivity index is 1.30. The highest BCUT2D eigenvalue weighted by Gasteiger charge is 2.20. The van der Waals surface area contributed by atoms with Gasteiger partial charge in [-0.15, -0.1) is 0 Å². The SMILES string of the molecule is CC(CN1CCN(c2ccc([N+](=O)[O-])cc2)CC1)Oc1ccc2[nH]cc(CCN)c2c1. The zero-order valence-corrected chi connectivity index (χ0v) is 17.8. The standard InChI is InChI=1S/C23H29N5O3/c1-17(31-21-6-7-23-22(14-21)18(8-9-24)15-25-23)16-26-10-12-27(13-11-26)19-2-4-20(5-3-19)28(29)30/h2-7,14-15,17,25H,8-13,16,24H2,1H3. The molecule has 0 amide bonds. The highest BCUT2D eigenvalue weighted by molar-refractivity contribution is 5.84. The summed E-state index contributed by atoms with van der Waals surface area (Å²) in [6.45, 7) is 7.23. The van der Waals surface area contributed by atoms with Gasteiger partial charge >= 0.3 is 0 Å². The van der Waals surface area contributed by atoms with Gasteiger partial charge < -0.3 is 20.4 Å². The summed E-state index contributed by atoms with van der Waals surface area (Å²) in [5.41, 5.74) is 9.20. The van der Waals surface area contributed by atoms with E-state index in [1.807, 2.05) is 24.4 Å². The number of hydrogen-bond donors (Lipinski definition) is 2. The van der Waals surface area contributed by atoms with Crippen molar-refractivity contribution >= 4 is 22.3 Å². The molecule has 1 fully saturated rings. The maximum absolute atomic E-state index is 10.8. The number of fused-ring (bicyclic) bond motifs is 1. The average molecular weight is 424 g/mol. The van der Waals surface area contributed by atoms with Crippen LogP contribution in [0.3, 0.4) is 0 Å². The molecule has 1 atom stereocenters. The molecule has 2 aromatic carbocycles. The predicted molar refractivity (Wildman–Crippen MR) is 123 cm³/mol. The van der Waals surface area contributed by atoms with Gasteiger partial charge in [-0.25, -0.2) is 0 Å². The minimum Gasteiger partial charge on any atom is -0.489 e.